The zero-order valence-corrected chi connectivity index (χ0v) is 12.3. The van der Waals surface area contributed by atoms with Crippen LogP contribution in [0.25, 0.3) is 0 Å². The summed E-state index contributed by atoms with van der Waals surface area (Å²) in [6.45, 7) is 2.83. The number of hydrogen-bond acceptors (Lipinski definition) is 4. The Morgan fingerprint density at radius 3 is 2.78 bits per heavy atom. The van der Waals surface area contributed by atoms with Crippen LogP contribution in [0.3, 0.4) is 0 Å². The third-order valence-electron chi connectivity index (χ3n) is 2.61. The number of halogens is 1. The van der Waals surface area contributed by atoms with Crippen LogP contribution < -0.4 is 4.90 Å². The highest BCUT2D eigenvalue weighted by molar-refractivity contribution is 9.10. The molecule has 96 valence electrons. The second-order valence-corrected chi connectivity index (χ2v) is 5.01. The molecule has 0 radical (unpaired) electrons. The topological polar surface area (TPSA) is 46.8 Å². The summed E-state index contributed by atoms with van der Waals surface area (Å²) in [7, 11) is 3.93. The van der Waals surface area contributed by atoms with E-state index in [4.69, 9.17) is 0 Å². The zero-order valence-electron chi connectivity index (χ0n) is 10.8. The highest BCUT2D eigenvalue weighted by Gasteiger charge is 2.08. The first-order chi connectivity index (χ1) is 8.58. The summed E-state index contributed by atoms with van der Waals surface area (Å²) < 4.78 is 2.62. The summed E-state index contributed by atoms with van der Waals surface area (Å²) in [4.78, 5) is 10.9. The number of anilines is 1. The first-order valence-electron chi connectivity index (χ1n) is 5.80. The van der Waals surface area contributed by atoms with Crippen molar-refractivity contribution in [3.63, 3.8) is 0 Å². The fourth-order valence-electron chi connectivity index (χ4n) is 1.71. The van der Waals surface area contributed by atoms with E-state index in [-0.39, 0.29) is 0 Å². The zero-order chi connectivity index (χ0) is 13.1. The number of aromatic nitrogens is 4. The number of hydrogen-bond donors (Lipinski definition) is 0. The SMILES string of the molecule is CCc1nc(Br)cc(N(C)Cc2cnn(C)c2)n1. The molecule has 2 aromatic heterocycles. The minimum Gasteiger partial charge on any atom is -0.355 e. The molecule has 0 N–H and O–H groups in total. The molecule has 0 amide bonds. The molecular formula is C12H16BrN5. The highest BCUT2D eigenvalue weighted by atomic mass is 79.9. The molecule has 0 saturated heterocycles. The molecule has 0 aliphatic rings. The van der Waals surface area contributed by atoms with Crippen molar-refractivity contribution in [3.05, 3.63) is 34.5 Å². The molecule has 6 heteroatoms. The van der Waals surface area contributed by atoms with Gasteiger partial charge in [0.2, 0.25) is 0 Å². The minimum absolute atomic E-state index is 0.778. The van der Waals surface area contributed by atoms with Gasteiger partial charge in [0.1, 0.15) is 16.2 Å². The molecule has 2 rings (SSSR count). The lowest BCUT2D eigenvalue weighted by Gasteiger charge is -2.17. The van der Waals surface area contributed by atoms with Gasteiger partial charge in [0, 0.05) is 44.9 Å². The summed E-state index contributed by atoms with van der Waals surface area (Å²) in [5.41, 5.74) is 1.16. The van der Waals surface area contributed by atoms with Crippen LogP contribution in [0.15, 0.2) is 23.1 Å². The van der Waals surface area contributed by atoms with Crippen LogP contribution in [0.5, 0.6) is 0 Å². The second kappa shape index (κ2) is 5.48. The van der Waals surface area contributed by atoms with Crippen molar-refractivity contribution in [1.82, 2.24) is 19.7 Å². The average molecular weight is 310 g/mol. The second-order valence-electron chi connectivity index (χ2n) is 4.20. The van der Waals surface area contributed by atoms with Gasteiger partial charge in [-0.3, -0.25) is 4.68 Å². The van der Waals surface area contributed by atoms with Gasteiger partial charge in [-0.15, -0.1) is 0 Å². The van der Waals surface area contributed by atoms with Crippen molar-refractivity contribution >= 4 is 21.7 Å². The fraction of sp³-hybridized carbons (Fsp3) is 0.417. The van der Waals surface area contributed by atoms with Crippen LogP contribution in [0.1, 0.15) is 18.3 Å². The lowest BCUT2D eigenvalue weighted by Crippen LogP contribution is -2.18. The van der Waals surface area contributed by atoms with E-state index in [0.717, 1.165) is 34.8 Å². The molecule has 2 aromatic rings. The van der Waals surface area contributed by atoms with E-state index in [1.807, 2.05) is 39.5 Å². The number of rotatable bonds is 4. The maximum Gasteiger partial charge on any atom is 0.133 e. The van der Waals surface area contributed by atoms with Crippen molar-refractivity contribution in [3.8, 4) is 0 Å². The summed E-state index contributed by atoms with van der Waals surface area (Å²) in [6.07, 6.45) is 4.70. The van der Waals surface area contributed by atoms with E-state index < -0.39 is 0 Å². The molecule has 0 aliphatic carbocycles. The first-order valence-corrected chi connectivity index (χ1v) is 6.60. The quantitative estimate of drug-likeness (QED) is 0.812. The minimum atomic E-state index is 0.778. The average Bonchev–Trinajstić information content (AvgIpc) is 2.73. The molecule has 0 fully saturated rings. The van der Waals surface area contributed by atoms with E-state index in [2.05, 4.69) is 35.9 Å². The largest absolute Gasteiger partial charge is 0.355 e. The Hall–Kier alpha value is -1.43. The van der Waals surface area contributed by atoms with E-state index in [9.17, 15) is 0 Å². The van der Waals surface area contributed by atoms with Crippen LogP contribution in [0.4, 0.5) is 5.82 Å². The molecule has 0 spiro atoms. The third kappa shape index (κ3) is 3.07. The Kier molecular flexibility index (Phi) is 3.96. The van der Waals surface area contributed by atoms with Crippen LogP contribution >= 0.6 is 15.9 Å². The van der Waals surface area contributed by atoms with Gasteiger partial charge in [-0.05, 0) is 15.9 Å². The van der Waals surface area contributed by atoms with Crippen molar-refractivity contribution < 1.29 is 0 Å². The predicted octanol–water partition coefficient (Wildman–Crippen LogP) is 2.17. The van der Waals surface area contributed by atoms with Gasteiger partial charge in [-0.1, -0.05) is 6.92 Å². The smallest absolute Gasteiger partial charge is 0.133 e. The van der Waals surface area contributed by atoms with Gasteiger partial charge in [-0.25, -0.2) is 9.97 Å². The molecule has 0 saturated carbocycles. The maximum atomic E-state index is 4.51. The lowest BCUT2D eigenvalue weighted by molar-refractivity contribution is 0.766. The summed E-state index contributed by atoms with van der Waals surface area (Å²) in [5, 5.41) is 4.16. The predicted molar refractivity (Wildman–Crippen MR) is 74.4 cm³/mol. The molecular weight excluding hydrogens is 294 g/mol. The Morgan fingerprint density at radius 1 is 1.39 bits per heavy atom. The standard InChI is InChI=1S/C12H16BrN5/c1-4-11-15-10(13)5-12(16-11)17(2)7-9-6-14-18(3)8-9/h5-6,8H,4,7H2,1-3H3. The van der Waals surface area contributed by atoms with Gasteiger partial charge >= 0.3 is 0 Å². The van der Waals surface area contributed by atoms with E-state index in [0.29, 0.717) is 0 Å². The van der Waals surface area contributed by atoms with E-state index >= 15 is 0 Å². The Labute approximate surface area is 115 Å². The van der Waals surface area contributed by atoms with Crippen molar-refractivity contribution in [1.29, 1.82) is 0 Å². The van der Waals surface area contributed by atoms with Crippen molar-refractivity contribution in [2.24, 2.45) is 7.05 Å². The molecule has 18 heavy (non-hydrogen) atoms. The van der Waals surface area contributed by atoms with Gasteiger partial charge < -0.3 is 4.90 Å². The third-order valence-corrected chi connectivity index (χ3v) is 3.02. The van der Waals surface area contributed by atoms with Crippen molar-refractivity contribution in [2.45, 2.75) is 19.9 Å². The van der Waals surface area contributed by atoms with Crippen LogP contribution in [0.2, 0.25) is 0 Å². The molecule has 0 aliphatic heterocycles. The molecule has 5 nitrogen and oxygen atoms in total. The summed E-state index contributed by atoms with van der Waals surface area (Å²) >= 11 is 3.42. The number of nitrogens with zero attached hydrogens (tertiary/aromatic N) is 5. The Bertz CT molecular complexity index is 537. The maximum absolute atomic E-state index is 4.51. The van der Waals surface area contributed by atoms with Gasteiger partial charge in [0.05, 0.1) is 6.20 Å². The Morgan fingerprint density at radius 2 is 2.17 bits per heavy atom. The van der Waals surface area contributed by atoms with Gasteiger partial charge in [-0.2, -0.15) is 5.10 Å². The molecule has 0 unspecified atom stereocenters. The molecule has 0 bridgehead atoms. The molecule has 0 aromatic carbocycles. The first kappa shape index (κ1) is 13.0. The number of aryl methyl sites for hydroxylation is 2. The van der Waals surface area contributed by atoms with Crippen molar-refractivity contribution in [2.75, 3.05) is 11.9 Å². The monoisotopic (exact) mass is 309 g/mol. The van der Waals surface area contributed by atoms with Crippen LogP contribution in [0, 0.1) is 0 Å². The van der Waals surface area contributed by atoms with Gasteiger partial charge in [0.15, 0.2) is 0 Å². The summed E-state index contributed by atoms with van der Waals surface area (Å²) in [5.74, 6) is 1.76. The summed E-state index contributed by atoms with van der Waals surface area (Å²) in [6, 6.07) is 1.93. The lowest BCUT2D eigenvalue weighted by atomic mass is 10.3. The van der Waals surface area contributed by atoms with Gasteiger partial charge in [0.25, 0.3) is 0 Å². The molecule has 0 atom stereocenters. The Balaban J connectivity index is 2.17. The van der Waals surface area contributed by atoms with Crippen LogP contribution in [-0.2, 0) is 20.0 Å². The van der Waals surface area contributed by atoms with E-state index in [1.165, 1.54) is 0 Å². The normalized spacial score (nSPS) is 10.7. The molecule has 2 heterocycles. The fourth-order valence-corrected chi connectivity index (χ4v) is 2.12. The van der Waals surface area contributed by atoms with E-state index in [1.54, 1.807) is 4.68 Å². The van der Waals surface area contributed by atoms with Crippen LogP contribution in [-0.4, -0.2) is 26.8 Å². The highest BCUT2D eigenvalue weighted by Crippen LogP contribution is 2.17.